The summed E-state index contributed by atoms with van der Waals surface area (Å²) in [6.07, 6.45) is 0.727. The van der Waals surface area contributed by atoms with Gasteiger partial charge in [-0.05, 0) is 5.92 Å². The molecular formula is C11H15N3OS. The van der Waals surface area contributed by atoms with Crippen LogP contribution in [0.4, 0.5) is 5.13 Å². The Morgan fingerprint density at radius 2 is 2.31 bits per heavy atom. The van der Waals surface area contributed by atoms with Crippen LogP contribution in [0.25, 0.3) is 0 Å². The van der Waals surface area contributed by atoms with Crippen molar-refractivity contribution in [2.24, 2.45) is 5.73 Å². The van der Waals surface area contributed by atoms with Crippen molar-refractivity contribution in [2.45, 2.75) is 6.42 Å². The van der Waals surface area contributed by atoms with Gasteiger partial charge >= 0.3 is 0 Å². The average Bonchev–Trinajstić information content (AvgIpc) is 2.79. The van der Waals surface area contributed by atoms with E-state index in [-0.39, 0.29) is 0 Å². The molecule has 86 valence electrons. The minimum Gasteiger partial charge on any atom is -0.378 e. The van der Waals surface area contributed by atoms with Gasteiger partial charge in [0.2, 0.25) is 0 Å². The van der Waals surface area contributed by atoms with E-state index < -0.39 is 0 Å². The second-order valence-electron chi connectivity index (χ2n) is 3.46. The van der Waals surface area contributed by atoms with Gasteiger partial charge < -0.3 is 15.4 Å². The molecule has 0 aliphatic carbocycles. The van der Waals surface area contributed by atoms with Crippen LogP contribution in [0.3, 0.4) is 0 Å². The van der Waals surface area contributed by atoms with E-state index in [1.165, 1.54) is 0 Å². The first-order chi connectivity index (χ1) is 7.90. The summed E-state index contributed by atoms with van der Waals surface area (Å²) >= 11 is 1.64. The molecule has 2 rings (SSSR count). The zero-order chi connectivity index (χ0) is 11.2. The first kappa shape index (κ1) is 11.4. The third-order valence-electron chi connectivity index (χ3n) is 2.26. The minimum atomic E-state index is 0.605. The Bertz CT molecular complexity index is 387. The fourth-order valence-corrected chi connectivity index (χ4v) is 2.26. The van der Waals surface area contributed by atoms with Gasteiger partial charge in [-0.1, -0.05) is 5.92 Å². The van der Waals surface area contributed by atoms with Crippen molar-refractivity contribution in [1.29, 1.82) is 0 Å². The number of ether oxygens (including phenoxy) is 1. The topological polar surface area (TPSA) is 51.4 Å². The van der Waals surface area contributed by atoms with Crippen molar-refractivity contribution >= 4 is 16.5 Å². The lowest BCUT2D eigenvalue weighted by molar-refractivity contribution is 0.122. The molecule has 0 bridgehead atoms. The maximum absolute atomic E-state index is 5.37. The molecule has 0 spiro atoms. The molecule has 5 heteroatoms. The Labute approximate surface area is 99.4 Å². The van der Waals surface area contributed by atoms with Crippen LogP contribution in [0.2, 0.25) is 0 Å². The van der Waals surface area contributed by atoms with E-state index in [0.29, 0.717) is 6.54 Å². The van der Waals surface area contributed by atoms with E-state index in [2.05, 4.69) is 21.7 Å². The summed E-state index contributed by atoms with van der Waals surface area (Å²) in [6, 6.07) is 0. The summed E-state index contributed by atoms with van der Waals surface area (Å²) in [4.78, 5) is 6.72. The van der Waals surface area contributed by atoms with E-state index >= 15 is 0 Å². The van der Waals surface area contributed by atoms with Crippen LogP contribution in [-0.4, -0.2) is 37.8 Å². The molecule has 4 nitrogen and oxygen atoms in total. The molecule has 0 atom stereocenters. The molecular weight excluding hydrogens is 222 g/mol. The molecule has 0 radical (unpaired) electrons. The number of nitrogens with zero attached hydrogens (tertiary/aromatic N) is 2. The normalized spacial score (nSPS) is 15.7. The Morgan fingerprint density at radius 1 is 1.50 bits per heavy atom. The lowest BCUT2D eigenvalue weighted by Crippen LogP contribution is -2.36. The second kappa shape index (κ2) is 5.85. The molecule has 2 N–H and O–H groups in total. The zero-order valence-corrected chi connectivity index (χ0v) is 9.92. The smallest absolute Gasteiger partial charge is 0.186 e. The summed E-state index contributed by atoms with van der Waals surface area (Å²) in [5, 5.41) is 3.04. The van der Waals surface area contributed by atoms with E-state index in [1.54, 1.807) is 11.3 Å². The number of thiazole rings is 1. The first-order valence-corrected chi connectivity index (χ1v) is 6.25. The van der Waals surface area contributed by atoms with Crippen molar-refractivity contribution < 1.29 is 4.74 Å². The fraction of sp³-hybridized carbons (Fsp3) is 0.545. The van der Waals surface area contributed by atoms with Crippen molar-refractivity contribution in [3.63, 3.8) is 0 Å². The molecule has 1 aromatic rings. The number of aromatic nitrogens is 1. The van der Waals surface area contributed by atoms with E-state index in [9.17, 15) is 0 Å². The van der Waals surface area contributed by atoms with Gasteiger partial charge in [-0.25, -0.2) is 4.98 Å². The van der Waals surface area contributed by atoms with Gasteiger partial charge in [-0.2, -0.15) is 0 Å². The van der Waals surface area contributed by atoms with Crippen LogP contribution >= 0.6 is 11.3 Å². The average molecular weight is 237 g/mol. The largest absolute Gasteiger partial charge is 0.378 e. The van der Waals surface area contributed by atoms with Gasteiger partial charge in [-0.3, -0.25) is 0 Å². The maximum atomic E-state index is 5.37. The van der Waals surface area contributed by atoms with Gasteiger partial charge in [0.25, 0.3) is 0 Å². The molecule has 0 unspecified atom stereocenters. The summed E-state index contributed by atoms with van der Waals surface area (Å²) in [5.41, 5.74) is 6.22. The third kappa shape index (κ3) is 2.95. The number of anilines is 1. The van der Waals surface area contributed by atoms with Crippen molar-refractivity contribution in [3.05, 3.63) is 11.1 Å². The van der Waals surface area contributed by atoms with Gasteiger partial charge in [0, 0.05) is 31.4 Å². The molecule has 1 saturated heterocycles. The summed E-state index contributed by atoms with van der Waals surface area (Å²) in [5.74, 6) is 6.01. The number of nitrogens with two attached hydrogens (primary N) is 1. The predicted molar refractivity (Wildman–Crippen MR) is 65.7 cm³/mol. The second-order valence-corrected chi connectivity index (χ2v) is 4.29. The molecule has 16 heavy (non-hydrogen) atoms. The molecule has 0 aromatic carbocycles. The fourth-order valence-electron chi connectivity index (χ4n) is 1.45. The minimum absolute atomic E-state index is 0.605. The van der Waals surface area contributed by atoms with E-state index in [1.807, 2.05) is 5.38 Å². The highest BCUT2D eigenvalue weighted by Gasteiger charge is 2.13. The number of hydrogen-bond donors (Lipinski definition) is 1. The van der Waals surface area contributed by atoms with Gasteiger partial charge in [-0.15, -0.1) is 11.3 Å². The highest BCUT2D eigenvalue weighted by atomic mass is 32.1. The molecule has 0 amide bonds. The molecule has 2 heterocycles. The highest BCUT2D eigenvalue weighted by molar-refractivity contribution is 7.13. The molecule has 1 aliphatic heterocycles. The lowest BCUT2D eigenvalue weighted by Gasteiger charge is -2.25. The summed E-state index contributed by atoms with van der Waals surface area (Å²) in [7, 11) is 0. The highest BCUT2D eigenvalue weighted by Crippen LogP contribution is 2.20. The number of rotatable bonds is 2. The predicted octanol–water partition coefficient (Wildman–Crippen LogP) is 0.680. The third-order valence-corrected chi connectivity index (χ3v) is 3.16. The summed E-state index contributed by atoms with van der Waals surface area (Å²) in [6.45, 7) is 4.02. The van der Waals surface area contributed by atoms with Crippen LogP contribution < -0.4 is 10.6 Å². The SMILES string of the molecule is NCCC#Cc1csc(N2CCOCC2)n1. The van der Waals surface area contributed by atoms with Gasteiger partial charge in [0.1, 0.15) is 5.69 Å². The molecule has 1 aromatic heterocycles. The van der Waals surface area contributed by atoms with Gasteiger partial charge in [0.05, 0.1) is 13.2 Å². The molecule has 1 aliphatic rings. The first-order valence-electron chi connectivity index (χ1n) is 5.37. The Morgan fingerprint density at radius 3 is 3.06 bits per heavy atom. The van der Waals surface area contributed by atoms with Crippen molar-refractivity contribution in [1.82, 2.24) is 4.98 Å². The van der Waals surface area contributed by atoms with Crippen LogP contribution in [0.5, 0.6) is 0 Å². The summed E-state index contributed by atoms with van der Waals surface area (Å²) < 4.78 is 5.30. The van der Waals surface area contributed by atoms with Crippen LogP contribution in [0, 0.1) is 11.8 Å². The Kier molecular flexibility index (Phi) is 4.17. The van der Waals surface area contributed by atoms with E-state index in [4.69, 9.17) is 10.5 Å². The monoisotopic (exact) mass is 237 g/mol. The number of morpholine rings is 1. The van der Waals surface area contributed by atoms with Crippen LogP contribution in [-0.2, 0) is 4.74 Å². The lowest BCUT2D eigenvalue weighted by atomic mass is 10.4. The van der Waals surface area contributed by atoms with E-state index in [0.717, 1.165) is 43.5 Å². The molecule has 0 saturated carbocycles. The van der Waals surface area contributed by atoms with Crippen molar-refractivity contribution in [2.75, 3.05) is 37.7 Å². The van der Waals surface area contributed by atoms with Crippen LogP contribution in [0.1, 0.15) is 12.1 Å². The Balaban J connectivity index is 1.99. The quantitative estimate of drug-likeness (QED) is 0.769. The standard InChI is InChI=1S/C11H15N3OS/c12-4-2-1-3-10-9-16-11(13-10)14-5-7-15-8-6-14/h9H,2,4-8,12H2. The molecule has 1 fully saturated rings. The van der Waals surface area contributed by atoms with Crippen LogP contribution in [0.15, 0.2) is 5.38 Å². The zero-order valence-electron chi connectivity index (χ0n) is 9.11. The Hall–Kier alpha value is -1.09. The van der Waals surface area contributed by atoms with Crippen molar-refractivity contribution in [3.8, 4) is 11.8 Å². The van der Waals surface area contributed by atoms with Gasteiger partial charge in [0.15, 0.2) is 5.13 Å². The number of hydrogen-bond acceptors (Lipinski definition) is 5. The maximum Gasteiger partial charge on any atom is 0.186 e.